The van der Waals surface area contributed by atoms with Crippen LogP contribution in [0.1, 0.15) is 26.2 Å². The fourth-order valence-corrected chi connectivity index (χ4v) is 0.768. The van der Waals surface area contributed by atoms with E-state index in [-0.39, 0.29) is 0 Å². The third kappa shape index (κ3) is 4.36. The molecule has 64 valence electrons. The molecule has 0 aromatic heterocycles. The quantitative estimate of drug-likeness (QED) is 0.550. The highest BCUT2D eigenvalue weighted by atomic mass is 16.4. The Kier molecular flexibility index (Phi) is 5.15. The second-order valence-electron chi connectivity index (χ2n) is 2.32. The standard InChI is InChI=1S/C7H13NO3/c1-2-3-4-6(7(10)11)8-5-9/h5-6H,2-4H2,1H3,(H,8,9)(H,10,11)/t6-/m1/s1. The first kappa shape index (κ1) is 9.94. The molecule has 11 heavy (non-hydrogen) atoms. The van der Waals surface area contributed by atoms with Crippen molar-refractivity contribution in [1.82, 2.24) is 5.32 Å². The molecule has 1 atom stereocenters. The highest BCUT2D eigenvalue weighted by molar-refractivity contribution is 5.76. The highest BCUT2D eigenvalue weighted by Gasteiger charge is 2.14. The summed E-state index contributed by atoms with van der Waals surface area (Å²) in [4.78, 5) is 20.3. The van der Waals surface area contributed by atoms with Crippen molar-refractivity contribution >= 4 is 12.4 Å². The van der Waals surface area contributed by atoms with Crippen LogP contribution < -0.4 is 5.32 Å². The number of carboxylic acids is 1. The van der Waals surface area contributed by atoms with E-state index in [9.17, 15) is 9.59 Å². The Hall–Kier alpha value is -1.06. The van der Waals surface area contributed by atoms with Crippen LogP contribution in [0, 0.1) is 0 Å². The molecule has 0 radical (unpaired) electrons. The van der Waals surface area contributed by atoms with Gasteiger partial charge in [-0.15, -0.1) is 0 Å². The van der Waals surface area contributed by atoms with Gasteiger partial charge in [0, 0.05) is 0 Å². The Balaban J connectivity index is 3.69. The zero-order valence-electron chi connectivity index (χ0n) is 6.54. The van der Waals surface area contributed by atoms with Gasteiger partial charge in [0.1, 0.15) is 6.04 Å². The van der Waals surface area contributed by atoms with Crippen molar-refractivity contribution in [3.05, 3.63) is 0 Å². The van der Waals surface area contributed by atoms with Crippen molar-refractivity contribution in [2.75, 3.05) is 0 Å². The molecular weight excluding hydrogens is 146 g/mol. The van der Waals surface area contributed by atoms with Crippen LogP contribution in [0.4, 0.5) is 0 Å². The summed E-state index contributed by atoms with van der Waals surface area (Å²) in [5.74, 6) is -0.967. The van der Waals surface area contributed by atoms with Crippen molar-refractivity contribution in [3.8, 4) is 0 Å². The van der Waals surface area contributed by atoms with Gasteiger partial charge in [0.25, 0.3) is 0 Å². The Morgan fingerprint density at radius 2 is 2.36 bits per heavy atom. The molecule has 0 fully saturated rings. The van der Waals surface area contributed by atoms with Gasteiger partial charge in [0.2, 0.25) is 6.41 Å². The largest absolute Gasteiger partial charge is 0.480 e. The van der Waals surface area contributed by atoms with Gasteiger partial charge in [-0.25, -0.2) is 4.79 Å². The summed E-state index contributed by atoms with van der Waals surface area (Å²) in [7, 11) is 0. The van der Waals surface area contributed by atoms with E-state index in [4.69, 9.17) is 5.11 Å². The maximum atomic E-state index is 10.4. The van der Waals surface area contributed by atoms with Crippen LogP contribution in [-0.2, 0) is 9.59 Å². The molecule has 0 unspecified atom stereocenters. The van der Waals surface area contributed by atoms with Crippen LogP contribution in [0.2, 0.25) is 0 Å². The van der Waals surface area contributed by atoms with E-state index in [1.54, 1.807) is 0 Å². The molecule has 0 aromatic rings. The van der Waals surface area contributed by atoms with E-state index < -0.39 is 12.0 Å². The third-order valence-electron chi connectivity index (χ3n) is 1.41. The van der Waals surface area contributed by atoms with E-state index in [2.05, 4.69) is 5.32 Å². The smallest absolute Gasteiger partial charge is 0.326 e. The third-order valence-corrected chi connectivity index (χ3v) is 1.41. The van der Waals surface area contributed by atoms with Gasteiger partial charge in [-0.2, -0.15) is 0 Å². The van der Waals surface area contributed by atoms with Crippen LogP contribution in [0.25, 0.3) is 0 Å². The lowest BCUT2D eigenvalue weighted by molar-refractivity contribution is -0.140. The molecule has 1 amide bonds. The number of unbranched alkanes of at least 4 members (excludes halogenated alkanes) is 1. The van der Waals surface area contributed by atoms with Crippen LogP contribution >= 0.6 is 0 Å². The van der Waals surface area contributed by atoms with Crippen molar-refractivity contribution in [1.29, 1.82) is 0 Å². The molecule has 0 rings (SSSR count). The highest BCUT2D eigenvalue weighted by Crippen LogP contribution is 1.99. The second-order valence-corrected chi connectivity index (χ2v) is 2.32. The zero-order valence-corrected chi connectivity index (χ0v) is 6.54. The molecular formula is C7H13NO3. The molecule has 0 spiro atoms. The summed E-state index contributed by atoms with van der Waals surface area (Å²) >= 11 is 0. The molecule has 0 saturated carbocycles. The minimum Gasteiger partial charge on any atom is -0.480 e. The van der Waals surface area contributed by atoms with Crippen LogP contribution in [0.5, 0.6) is 0 Å². The predicted octanol–water partition coefficient (Wildman–Crippen LogP) is 0.376. The summed E-state index contributed by atoms with van der Waals surface area (Å²) in [6, 6.07) is -0.715. The number of hydrogen-bond donors (Lipinski definition) is 2. The van der Waals surface area contributed by atoms with Gasteiger partial charge < -0.3 is 10.4 Å². The first-order valence-corrected chi connectivity index (χ1v) is 3.64. The Morgan fingerprint density at radius 1 is 1.73 bits per heavy atom. The number of carboxylic acid groups (broad SMARTS) is 1. The molecule has 0 bridgehead atoms. The molecule has 0 aliphatic carbocycles. The first-order valence-electron chi connectivity index (χ1n) is 3.64. The number of amides is 1. The number of nitrogens with one attached hydrogen (secondary N) is 1. The lowest BCUT2D eigenvalue weighted by Crippen LogP contribution is -2.35. The number of carbonyl (C=O) groups is 2. The molecule has 0 aliphatic heterocycles. The monoisotopic (exact) mass is 159 g/mol. The maximum Gasteiger partial charge on any atom is 0.326 e. The number of rotatable bonds is 6. The van der Waals surface area contributed by atoms with Gasteiger partial charge in [-0.3, -0.25) is 4.79 Å². The Labute approximate surface area is 65.6 Å². The molecule has 2 N–H and O–H groups in total. The van der Waals surface area contributed by atoms with Crippen LogP contribution in [-0.4, -0.2) is 23.5 Å². The summed E-state index contributed by atoms with van der Waals surface area (Å²) in [6.45, 7) is 1.97. The summed E-state index contributed by atoms with van der Waals surface area (Å²) < 4.78 is 0. The summed E-state index contributed by atoms with van der Waals surface area (Å²) in [6.07, 6.45) is 2.68. The maximum absolute atomic E-state index is 10.4. The van der Waals surface area contributed by atoms with Crippen molar-refractivity contribution in [3.63, 3.8) is 0 Å². The zero-order chi connectivity index (χ0) is 8.69. The topological polar surface area (TPSA) is 66.4 Å². The van der Waals surface area contributed by atoms with E-state index in [0.717, 1.165) is 12.8 Å². The molecule has 4 heteroatoms. The van der Waals surface area contributed by atoms with E-state index in [1.165, 1.54) is 0 Å². The SMILES string of the molecule is CCCC[C@@H](NC=O)C(=O)O. The molecule has 0 aliphatic rings. The minimum absolute atomic E-state index is 0.425. The van der Waals surface area contributed by atoms with E-state index in [1.807, 2.05) is 6.92 Å². The summed E-state index contributed by atoms with van der Waals surface area (Å²) in [5, 5.41) is 10.7. The normalized spacial score (nSPS) is 12.1. The molecule has 0 heterocycles. The lowest BCUT2D eigenvalue weighted by Gasteiger charge is -2.08. The summed E-state index contributed by atoms with van der Waals surface area (Å²) in [5.41, 5.74) is 0. The van der Waals surface area contributed by atoms with Gasteiger partial charge in [-0.1, -0.05) is 19.8 Å². The van der Waals surface area contributed by atoms with Crippen molar-refractivity contribution in [2.45, 2.75) is 32.2 Å². The Morgan fingerprint density at radius 3 is 2.73 bits per heavy atom. The van der Waals surface area contributed by atoms with E-state index >= 15 is 0 Å². The van der Waals surface area contributed by atoms with Gasteiger partial charge in [0.05, 0.1) is 0 Å². The fraction of sp³-hybridized carbons (Fsp3) is 0.714. The number of hydrogen-bond acceptors (Lipinski definition) is 2. The van der Waals surface area contributed by atoms with Crippen molar-refractivity contribution in [2.24, 2.45) is 0 Å². The average Bonchev–Trinajstić information content (AvgIpc) is 1.97. The van der Waals surface area contributed by atoms with Crippen LogP contribution in [0.3, 0.4) is 0 Å². The molecule has 4 nitrogen and oxygen atoms in total. The lowest BCUT2D eigenvalue weighted by atomic mass is 10.1. The van der Waals surface area contributed by atoms with Crippen molar-refractivity contribution < 1.29 is 14.7 Å². The van der Waals surface area contributed by atoms with Gasteiger partial charge in [0.15, 0.2) is 0 Å². The number of aliphatic carboxylic acids is 1. The fourth-order valence-electron chi connectivity index (χ4n) is 0.768. The van der Waals surface area contributed by atoms with Gasteiger partial charge in [-0.05, 0) is 6.42 Å². The first-order chi connectivity index (χ1) is 5.22. The second kappa shape index (κ2) is 5.70. The number of carbonyl (C=O) groups excluding carboxylic acids is 1. The molecule has 0 saturated heterocycles. The van der Waals surface area contributed by atoms with E-state index in [0.29, 0.717) is 12.8 Å². The molecule has 0 aromatic carbocycles. The predicted molar refractivity (Wildman–Crippen MR) is 40.1 cm³/mol. The average molecular weight is 159 g/mol. The van der Waals surface area contributed by atoms with Gasteiger partial charge >= 0.3 is 5.97 Å². The van der Waals surface area contributed by atoms with Crippen LogP contribution in [0.15, 0.2) is 0 Å². The Bertz CT molecular complexity index is 136. The minimum atomic E-state index is -0.967.